The third-order valence-electron chi connectivity index (χ3n) is 5.10. The maximum Gasteiger partial charge on any atom is 0.238 e. The number of amides is 1. The van der Waals surface area contributed by atoms with Crippen LogP contribution in [0.4, 0.5) is 5.69 Å². The fourth-order valence-electron chi connectivity index (χ4n) is 3.96. The van der Waals surface area contributed by atoms with E-state index < -0.39 is 0 Å². The van der Waals surface area contributed by atoms with Crippen molar-refractivity contribution in [2.75, 3.05) is 18.4 Å². The monoisotopic (exact) mass is 336 g/mol. The topological polar surface area (TPSA) is 32.3 Å². The van der Waals surface area contributed by atoms with Crippen molar-refractivity contribution in [3.63, 3.8) is 0 Å². The van der Waals surface area contributed by atoms with Crippen LogP contribution >= 0.6 is 0 Å². The zero-order valence-electron chi connectivity index (χ0n) is 15.5. The smallest absolute Gasteiger partial charge is 0.238 e. The van der Waals surface area contributed by atoms with Crippen LogP contribution in [0.25, 0.3) is 0 Å². The van der Waals surface area contributed by atoms with E-state index in [-0.39, 0.29) is 5.91 Å². The zero-order chi connectivity index (χ0) is 17.8. The van der Waals surface area contributed by atoms with E-state index in [4.69, 9.17) is 0 Å². The van der Waals surface area contributed by atoms with Crippen LogP contribution in [0.5, 0.6) is 0 Å². The number of rotatable bonds is 5. The summed E-state index contributed by atoms with van der Waals surface area (Å²) in [7, 11) is 0. The van der Waals surface area contributed by atoms with Gasteiger partial charge in [0.25, 0.3) is 0 Å². The summed E-state index contributed by atoms with van der Waals surface area (Å²) in [6, 6.07) is 15.3. The van der Waals surface area contributed by atoms with Crippen LogP contribution in [0.15, 0.2) is 42.5 Å². The Kier molecular flexibility index (Phi) is 5.54. The summed E-state index contributed by atoms with van der Waals surface area (Å²) in [4.78, 5) is 14.9. The molecule has 0 saturated carbocycles. The Labute approximate surface area is 151 Å². The second-order valence-corrected chi connectivity index (χ2v) is 7.28. The first-order valence-corrected chi connectivity index (χ1v) is 9.18. The highest BCUT2D eigenvalue weighted by atomic mass is 16.2. The number of aryl methyl sites for hydroxylation is 3. The largest absolute Gasteiger partial charge is 0.324 e. The molecular weight excluding hydrogens is 308 g/mol. The van der Waals surface area contributed by atoms with E-state index in [9.17, 15) is 4.79 Å². The van der Waals surface area contributed by atoms with Crippen molar-refractivity contribution in [1.29, 1.82) is 0 Å². The van der Waals surface area contributed by atoms with E-state index in [1.165, 1.54) is 24.0 Å². The Morgan fingerprint density at radius 1 is 1.12 bits per heavy atom. The summed E-state index contributed by atoms with van der Waals surface area (Å²) in [6.07, 6.45) is 3.37. The van der Waals surface area contributed by atoms with E-state index >= 15 is 0 Å². The molecule has 3 rings (SSSR count). The summed E-state index contributed by atoms with van der Waals surface area (Å²) in [5, 5.41) is 3.14. The fourth-order valence-corrected chi connectivity index (χ4v) is 3.96. The Morgan fingerprint density at radius 2 is 1.80 bits per heavy atom. The molecule has 2 aromatic carbocycles. The van der Waals surface area contributed by atoms with Crippen LogP contribution in [-0.2, 0) is 11.2 Å². The third kappa shape index (κ3) is 4.49. The molecular formula is C22H28N2O. The molecule has 1 aliphatic heterocycles. The average Bonchev–Trinajstić information content (AvgIpc) is 2.98. The summed E-state index contributed by atoms with van der Waals surface area (Å²) in [6.45, 7) is 7.69. The van der Waals surface area contributed by atoms with Gasteiger partial charge < -0.3 is 5.32 Å². The van der Waals surface area contributed by atoms with Gasteiger partial charge in [0.1, 0.15) is 0 Å². The third-order valence-corrected chi connectivity index (χ3v) is 5.10. The number of hydrogen-bond acceptors (Lipinski definition) is 2. The van der Waals surface area contributed by atoms with Gasteiger partial charge in [-0.25, -0.2) is 0 Å². The normalized spacial score (nSPS) is 17.6. The first kappa shape index (κ1) is 17.7. The number of anilines is 1. The van der Waals surface area contributed by atoms with Crippen LogP contribution in [0.2, 0.25) is 0 Å². The maximum atomic E-state index is 12.6. The number of nitrogens with zero attached hydrogens (tertiary/aromatic N) is 1. The molecule has 0 radical (unpaired) electrons. The highest BCUT2D eigenvalue weighted by Crippen LogP contribution is 2.23. The lowest BCUT2D eigenvalue weighted by atomic mass is 10.0. The van der Waals surface area contributed by atoms with Crippen molar-refractivity contribution in [3.05, 3.63) is 64.7 Å². The molecule has 2 aromatic rings. The Balaban J connectivity index is 1.62. The molecule has 132 valence electrons. The van der Waals surface area contributed by atoms with Crippen molar-refractivity contribution in [3.8, 4) is 0 Å². The van der Waals surface area contributed by atoms with Gasteiger partial charge in [0.05, 0.1) is 6.54 Å². The van der Waals surface area contributed by atoms with E-state index in [0.29, 0.717) is 12.6 Å². The zero-order valence-corrected chi connectivity index (χ0v) is 15.5. The molecule has 3 nitrogen and oxygen atoms in total. The highest BCUT2D eigenvalue weighted by molar-refractivity contribution is 5.93. The number of nitrogens with one attached hydrogen (secondary N) is 1. The Hall–Kier alpha value is -2.13. The molecule has 1 fully saturated rings. The molecule has 1 aliphatic rings. The number of carbonyl (C=O) groups excluding carboxylic acids is 1. The molecule has 1 amide bonds. The predicted molar refractivity (Wildman–Crippen MR) is 104 cm³/mol. The van der Waals surface area contributed by atoms with Gasteiger partial charge in [-0.1, -0.05) is 48.0 Å². The molecule has 0 bridgehead atoms. The fraction of sp³-hybridized carbons (Fsp3) is 0.409. The lowest BCUT2D eigenvalue weighted by molar-refractivity contribution is -0.117. The van der Waals surface area contributed by atoms with Gasteiger partial charge in [0, 0.05) is 11.7 Å². The number of likely N-dealkylation sites (tertiary alicyclic amines) is 1. The van der Waals surface area contributed by atoms with Gasteiger partial charge >= 0.3 is 0 Å². The van der Waals surface area contributed by atoms with E-state index in [2.05, 4.69) is 73.5 Å². The molecule has 3 heteroatoms. The predicted octanol–water partition coefficient (Wildman–Crippen LogP) is 4.26. The lowest BCUT2D eigenvalue weighted by Crippen LogP contribution is -2.38. The maximum absolute atomic E-state index is 12.6. The Morgan fingerprint density at radius 3 is 2.48 bits per heavy atom. The molecule has 1 atom stereocenters. The highest BCUT2D eigenvalue weighted by Gasteiger charge is 2.26. The average molecular weight is 336 g/mol. The van der Waals surface area contributed by atoms with Gasteiger partial charge in [0.2, 0.25) is 5.91 Å². The summed E-state index contributed by atoms with van der Waals surface area (Å²) in [5.41, 5.74) is 5.82. The molecule has 0 aromatic heterocycles. The van der Waals surface area contributed by atoms with Gasteiger partial charge in [-0.3, -0.25) is 9.69 Å². The van der Waals surface area contributed by atoms with Crippen molar-refractivity contribution < 1.29 is 4.79 Å². The molecule has 0 unspecified atom stereocenters. The van der Waals surface area contributed by atoms with Crippen molar-refractivity contribution in [1.82, 2.24) is 4.90 Å². The van der Waals surface area contributed by atoms with Crippen LogP contribution < -0.4 is 5.32 Å². The van der Waals surface area contributed by atoms with E-state index in [1.807, 2.05) is 0 Å². The van der Waals surface area contributed by atoms with Crippen molar-refractivity contribution >= 4 is 11.6 Å². The SMILES string of the molecule is Cc1cc(C)c(NC(=O)CN2CCC[C@H]2Cc2ccccc2)c(C)c1. The molecule has 1 heterocycles. The molecule has 1 N–H and O–H groups in total. The first-order valence-electron chi connectivity index (χ1n) is 9.18. The lowest BCUT2D eigenvalue weighted by Gasteiger charge is -2.24. The quantitative estimate of drug-likeness (QED) is 0.885. The van der Waals surface area contributed by atoms with Gasteiger partial charge in [0.15, 0.2) is 0 Å². The molecule has 1 saturated heterocycles. The molecule has 0 aliphatic carbocycles. The molecule has 25 heavy (non-hydrogen) atoms. The van der Waals surface area contributed by atoms with Gasteiger partial charge in [-0.2, -0.15) is 0 Å². The van der Waals surface area contributed by atoms with E-state index in [1.54, 1.807) is 0 Å². The molecule has 0 spiro atoms. The minimum atomic E-state index is 0.0926. The minimum absolute atomic E-state index is 0.0926. The van der Waals surface area contributed by atoms with Gasteiger partial charge in [-0.15, -0.1) is 0 Å². The van der Waals surface area contributed by atoms with Crippen molar-refractivity contribution in [2.24, 2.45) is 0 Å². The number of benzene rings is 2. The summed E-state index contributed by atoms with van der Waals surface area (Å²) in [5.74, 6) is 0.0926. The summed E-state index contributed by atoms with van der Waals surface area (Å²) < 4.78 is 0. The second-order valence-electron chi connectivity index (χ2n) is 7.28. The summed E-state index contributed by atoms with van der Waals surface area (Å²) >= 11 is 0. The van der Waals surface area contributed by atoms with Crippen LogP contribution in [0, 0.1) is 20.8 Å². The van der Waals surface area contributed by atoms with E-state index in [0.717, 1.165) is 29.8 Å². The van der Waals surface area contributed by atoms with Crippen LogP contribution in [0.3, 0.4) is 0 Å². The standard InChI is InChI=1S/C22H28N2O/c1-16-12-17(2)22(18(3)13-16)23-21(25)15-24-11-7-10-20(24)14-19-8-5-4-6-9-19/h4-6,8-9,12-13,20H,7,10-11,14-15H2,1-3H3,(H,23,25)/t20-/m0/s1. The van der Waals surface area contributed by atoms with Crippen LogP contribution in [-0.4, -0.2) is 29.9 Å². The van der Waals surface area contributed by atoms with Crippen molar-refractivity contribution in [2.45, 2.75) is 46.1 Å². The first-order chi connectivity index (χ1) is 12.0. The van der Waals surface area contributed by atoms with Crippen LogP contribution in [0.1, 0.15) is 35.1 Å². The minimum Gasteiger partial charge on any atom is -0.324 e. The second kappa shape index (κ2) is 7.83. The number of carbonyl (C=O) groups is 1. The Bertz CT molecular complexity index is 716. The van der Waals surface area contributed by atoms with Gasteiger partial charge in [-0.05, 0) is 63.3 Å². The number of hydrogen-bond donors (Lipinski definition) is 1.